The van der Waals surface area contributed by atoms with Crippen LogP contribution in [0.4, 0.5) is 5.82 Å². The van der Waals surface area contributed by atoms with Crippen molar-refractivity contribution in [3.8, 4) is 28.2 Å². The number of carboxylic acids is 1. The molecule has 2 aromatic carbocycles. The van der Waals surface area contributed by atoms with Crippen molar-refractivity contribution in [1.29, 1.82) is 0 Å². The summed E-state index contributed by atoms with van der Waals surface area (Å²) in [6, 6.07) is 15.1. The Bertz CT molecular complexity index is 3150. The number of fused-ring (bicyclic) bond motifs is 4. The normalized spacial score (nSPS) is 12.9. The fourth-order valence-corrected chi connectivity index (χ4v) is 9.27. The number of benzene rings is 3. The molecule has 64 heavy (non-hydrogen) atoms. The number of aryl methyl sites for hydroxylation is 1. The van der Waals surface area contributed by atoms with Crippen molar-refractivity contribution in [3.05, 3.63) is 111 Å². The van der Waals surface area contributed by atoms with E-state index in [1.807, 2.05) is 13.0 Å². The Morgan fingerprint density at radius 1 is 0.953 bits per heavy atom. The highest BCUT2D eigenvalue weighted by Crippen LogP contribution is 2.43. The molecule has 0 unspecified atom stereocenters. The van der Waals surface area contributed by atoms with E-state index in [1.54, 1.807) is 42.9 Å². The Balaban J connectivity index is 0.755. The third-order valence-corrected chi connectivity index (χ3v) is 12.7. The topological polar surface area (TPSA) is 217 Å². The number of carbonyl (C=O) groups excluding carboxylic acids is 2. The number of phenolic OH excluding ortho intramolecular Hbond substituents is 1. The minimum atomic E-state index is -1.24. The predicted molar refractivity (Wildman–Crippen MR) is 244 cm³/mol. The monoisotopic (exact) mass is 896 g/mol. The van der Waals surface area contributed by atoms with E-state index < -0.39 is 11.9 Å². The zero-order valence-corrected chi connectivity index (χ0v) is 36.1. The van der Waals surface area contributed by atoms with Crippen molar-refractivity contribution in [1.82, 2.24) is 35.2 Å². The van der Waals surface area contributed by atoms with Gasteiger partial charge in [0.2, 0.25) is 0 Å². The quantitative estimate of drug-likeness (QED) is 0.0405. The lowest BCUT2D eigenvalue weighted by atomic mass is 9.90. The summed E-state index contributed by atoms with van der Waals surface area (Å²) in [4.78, 5) is 80.0. The molecule has 324 valence electrons. The molecule has 3 aliphatic rings. The smallest absolute Gasteiger partial charge is 0.336 e. The molecule has 9 rings (SSSR count). The number of nitrogens with zero attached hydrogens (tertiary/aromatic N) is 6. The second-order valence-electron chi connectivity index (χ2n) is 15.8. The predicted octanol–water partition coefficient (Wildman–Crippen LogP) is 8.72. The van der Waals surface area contributed by atoms with Gasteiger partial charge in [0.25, 0.3) is 5.91 Å². The average molecular weight is 897 g/mol. The van der Waals surface area contributed by atoms with Crippen LogP contribution < -0.4 is 15.6 Å². The van der Waals surface area contributed by atoms with E-state index in [1.165, 1.54) is 42.1 Å². The number of nitrogens with one attached hydrogen (secondary N) is 2. The minimum absolute atomic E-state index is 0.0528. The minimum Gasteiger partial charge on any atom is -0.508 e. The van der Waals surface area contributed by atoms with Gasteiger partial charge in [-0.15, -0.1) is 0 Å². The zero-order chi connectivity index (χ0) is 44.5. The number of aromatic hydroxyl groups is 1. The average Bonchev–Trinajstić information content (AvgIpc) is 3.60. The number of ketones is 1. The number of hydrogen-bond donors (Lipinski definition) is 4. The number of halogens is 1. The molecular weight excluding hydrogens is 856 g/mol. The summed E-state index contributed by atoms with van der Waals surface area (Å²) in [7, 11) is 0. The maximum atomic E-state index is 13.2. The SMILES string of the molecule is CCc1[nH]c2nc(Sc3cnc4nccnc4c3)nc(N3CC(CCC(=O)CCCCCNC(=O)c4ccc(-c5c6ccc(=O)cc-6oc6cc(O)ccc56)c(C(=O)O)c4)C3)c2c1Cl. The van der Waals surface area contributed by atoms with Crippen LogP contribution in [0, 0.1) is 5.92 Å². The number of phenols is 1. The molecule has 1 aliphatic carbocycles. The molecule has 4 aromatic heterocycles. The molecule has 15 nitrogen and oxygen atoms in total. The van der Waals surface area contributed by atoms with Crippen molar-refractivity contribution in [2.24, 2.45) is 5.92 Å². The first kappa shape index (κ1) is 42.4. The molecule has 1 fully saturated rings. The molecule has 2 aliphatic heterocycles. The number of carboxylic acid groups (broad SMARTS) is 1. The number of aromatic carboxylic acids is 1. The van der Waals surface area contributed by atoms with Crippen molar-refractivity contribution in [2.45, 2.75) is 61.9 Å². The molecule has 4 N–H and O–H groups in total. The van der Waals surface area contributed by atoms with Gasteiger partial charge in [0.1, 0.15) is 39.9 Å². The molecule has 0 bridgehead atoms. The van der Waals surface area contributed by atoms with Gasteiger partial charge in [-0.3, -0.25) is 19.4 Å². The van der Waals surface area contributed by atoms with Gasteiger partial charge >= 0.3 is 5.97 Å². The number of hydrogen-bond acceptors (Lipinski definition) is 13. The van der Waals surface area contributed by atoms with Gasteiger partial charge in [-0.1, -0.05) is 31.0 Å². The number of aromatic amines is 1. The van der Waals surface area contributed by atoms with E-state index in [2.05, 4.69) is 30.2 Å². The number of anilines is 1. The second-order valence-corrected chi connectivity index (χ2v) is 17.2. The summed E-state index contributed by atoms with van der Waals surface area (Å²) in [5.41, 5.74) is 4.22. The lowest BCUT2D eigenvalue weighted by Crippen LogP contribution is -2.47. The fraction of sp³-hybridized carbons (Fsp3) is 0.255. The van der Waals surface area contributed by atoms with Crippen LogP contribution in [-0.4, -0.2) is 77.4 Å². The number of amides is 1. The lowest BCUT2D eigenvalue weighted by molar-refractivity contribution is -0.119. The number of aromatic nitrogens is 6. The molecule has 1 amide bonds. The largest absolute Gasteiger partial charge is 0.508 e. The van der Waals surface area contributed by atoms with E-state index in [0.717, 1.165) is 54.1 Å². The van der Waals surface area contributed by atoms with Crippen LogP contribution in [0.5, 0.6) is 5.75 Å². The number of carbonyl (C=O) groups is 3. The third kappa shape index (κ3) is 8.70. The summed E-state index contributed by atoms with van der Waals surface area (Å²) < 4.78 is 5.90. The van der Waals surface area contributed by atoms with Crippen LogP contribution in [0.15, 0.2) is 98.5 Å². The summed E-state index contributed by atoms with van der Waals surface area (Å²) in [6.45, 7) is 3.90. The summed E-state index contributed by atoms with van der Waals surface area (Å²) in [6.07, 6.45) is 9.52. The molecule has 0 radical (unpaired) electrons. The van der Waals surface area contributed by atoms with Gasteiger partial charge in [0.05, 0.1) is 16.0 Å². The maximum absolute atomic E-state index is 13.2. The number of pyridine rings is 1. The molecule has 6 heterocycles. The number of rotatable bonds is 16. The second kappa shape index (κ2) is 18.1. The Morgan fingerprint density at radius 2 is 1.78 bits per heavy atom. The van der Waals surface area contributed by atoms with Crippen molar-refractivity contribution in [3.63, 3.8) is 0 Å². The molecule has 1 saturated heterocycles. The highest BCUT2D eigenvalue weighted by Gasteiger charge is 2.32. The van der Waals surface area contributed by atoms with Gasteiger partial charge in [-0.25, -0.2) is 24.7 Å². The van der Waals surface area contributed by atoms with Crippen LogP contribution in [0.2, 0.25) is 5.02 Å². The van der Waals surface area contributed by atoms with Crippen LogP contribution in [0.1, 0.15) is 71.9 Å². The van der Waals surface area contributed by atoms with E-state index in [9.17, 15) is 29.4 Å². The van der Waals surface area contributed by atoms with E-state index in [0.29, 0.717) is 87.2 Å². The van der Waals surface area contributed by atoms with Crippen LogP contribution >= 0.6 is 23.4 Å². The summed E-state index contributed by atoms with van der Waals surface area (Å²) >= 11 is 8.23. The maximum Gasteiger partial charge on any atom is 0.336 e. The van der Waals surface area contributed by atoms with Gasteiger partial charge in [-0.05, 0) is 91.4 Å². The van der Waals surface area contributed by atoms with Gasteiger partial charge < -0.3 is 29.8 Å². The zero-order valence-electron chi connectivity index (χ0n) is 34.6. The Kier molecular flexibility index (Phi) is 12.0. The van der Waals surface area contributed by atoms with E-state index in [-0.39, 0.29) is 39.4 Å². The third-order valence-electron chi connectivity index (χ3n) is 11.4. The Labute approximate surface area is 374 Å². The van der Waals surface area contributed by atoms with Gasteiger partial charge in [-0.2, -0.15) is 0 Å². The highest BCUT2D eigenvalue weighted by atomic mass is 35.5. The molecule has 0 saturated carbocycles. The van der Waals surface area contributed by atoms with Crippen molar-refractivity contribution >= 4 is 80.0 Å². The number of H-pyrrole nitrogens is 1. The van der Waals surface area contributed by atoms with Crippen LogP contribution in [-0.2, 0) is 11.2 Å². The fourth-order valence-electron chi connectivity index (χ4n) is 8.16. The molecule has 6 aromatic rings. The van der Waals surface area contributed by atoms with Crippen LogP contribution in [0.25, 0.3) is 55.6 Å². The Hall–Kier alpha value is -6.91. The van der Waals surface area contributed by atoms with Crippen molar-refractivity contribution in [2.75, 3.05) is 24.5 Å². The Morgan fingerprint density at radius 3 is 2.61 bits per heavy atom. The van der Waals surface area contributed by atoms with Crippen LogP contribution in [0.3, 0.4) is 0 Å². The van der Waals surface area contributed by atoms with Gasteiger partial charge in [0.15, 0.2) is 16.2 Å². The molecular formula is C47H41ClN8O7S. The van der Waals surface area contributed by atoms with E-state index >= 15 is 0 Å². The molecule has 17 heteroatoms. The molecule has 0 spiro atoms. The first-order valence-electron chi connectivity index (χ1n) is 21.0. The summed E-state index contributed by atoms with van der Waals surface area (Å²) in [5, 5.41) is 25.7. The number of Topliss-reactive ketones (excluding diaryl/α,β-unsaturated/α-hetero) is 1. The van der Waals surface area contributed by atoms with Crippen molar-refractivity contribution < 1.29 is 29.0 Å². The first-order chi connectivity index (χ1) is 31.0. The van der Waals surface area contributed by atoms with Gasteiger partial charge in [0, 0.05) is 95.9 Å². The first-order valence-corrected chi connectivity index (χ1v) is 22.2. The standard InChI is InChI=1S/C47H41ClN8O7S/c1-2-35-41(48)40-43(53-35)54-47(64-30-21-36-42(52-22-30)50-17-16-49-36)55-44(40)56-23-25(24-56)7-9-27(57)6-4-3-5-15-51-45(60)26-8-12-31(34(18-26)46(61)62)39-32-13-10-28(58)19-37(32)63-38-20-29(59)11-14-33(38)39/h8,10-14,16-22,25,58H,2-7,9,15,23-24H2,1H3,(H,51,60)(H,61,62)(H,53,54,55). The highest BCUT2D eigenvalue weighted by molar-refractivity contribution is 7.99. The lowest BCUT2D eigenvalue weighted by Gasteiger charge is -2.40. The number of unbranched alkanes of at least 4 members (excludes halogenated alkanes) is 2. The molecule has 0 atom stereocenters. The summed E-state index contributed by atoms with van der Waals surface area (Å²) in [5.74, 6) is -0.156. The van der Waals surface area contributed by atoms with E-state index in [4.69, 9.17) is 26.0 Å².